The summed E-state index contributed by atoms with van der Waals surface area (Å²) in [6.45, 7) is 5.05. The maximum Gasteiger partial charge on any atom is 0.320 e. The molecule has 1 N–H and O–H groups in total. The Hall–Kier alpha value is -2.13. The molecule has 0 spiro atoms. The minimum absolute atomic E-state index is 0.000550. The lowest BCUT2D eigenvalue weighted by Crippen LogP contribution is -2.39. The van der Waals surface area contributed by atoms with Gasteiger partial charge >= 0.3 is 5.97 Å². The van der Waals surface area contributed by atoms with E-state index in [0.717, 1.165) is 25.8 Å². The first-order chi connectivity index (χ1) is 11.6. The Morgan fingerprint density at radius 2 is 1.96 bits per heavy atom. The van der Waals surface area contributed by atoms with Crippen LogP contribution in [0.1, 0.15) is 48.1 Å². The molecule has 1 heterocycles. The van der Waals surface area contributed by atoms with Crippen molar-refractivity contribution in [3.05, 3.63) is 70.8 Å². The van der Waals surface area contributed by atoms with Gasteiger partial charge in [-0.05, 0) is 42.9 Å². The molecule has 0 amide bonds. The van der Waals surface area contributed by atoms with Gasteiger partial charge in [0.15, 0.2) is 0 Å². The largest absolute Gasteiger partial charge is 0.480 e. The molecular formula is C21H25NO2. The number of likely N-dealkylation sites (tertiary alicyclic amines) is 1. The summed E-state index contributed by atoms with van der Waals surface area (Å²) in [4.78, 5) is 13.9. The van der Waals surface area contributed by atoms with Crippen molar-refractivity contribution in [3.8, 4) is 0 Å². The molecule has 3 heteroatoms. The van der Waals surface area contributed by atoms with Crippen molar-refractivity contribution in [2.75, 3.05) is 6.54 Å². The summed E-state index contributed by atoms with van der Waals surface area (Å²) in [5.41, 5.74) is 4.85. The second kappa shape index (κ2) is 7.18. The summed E-state index contributed by atoms with van der Waals surface area (Å²) < 4.78 is 0. The topological polar surface area (TPSA) is 40.5 Å². The third-order valence-electron chi connectivity index (χ3n) is 4.97. The highest BCUT2D eigenvalue weighted by molar-refractivity contribution is 5.74. The number of benzene rings is 2. The van der Waals surface area contributed by atoms with Gasteiger partial charge < -0.3 is 5.11 Å². The van der Waals surface area contributed by atoms with Crippen molar-refractivity contribution >= 4 is 5.97 Å². The van der Waals surface area contributed by atoms with Gasteiger partial charge in [0.2, 0.25) is 0 Å². The van der Waals surface area contributed by atoms with Crippen LogP contribution < -0.4 is 0 Å². The smallest absolute Gasteiger partial charge is 0.320 e. The van der Waals surface area contributed by atoms with E-state index in [-0.39, 0.29) is 6.04 Å². The Labute approximate surface area is 143 Å². The Bertz CT molecular complexity index is 708. The van der Waals surface area contributed by atoms with Crippen LogP contribution in [0.15, 0.2) is 48.5 Å². The van der Waals surface area contributed by atoms with Gasteiger partial charge in [0.05, 0.1) is 6.04 Å². The van der Waals surface area contributed by atoms with E-state index in [1.807, 2.05) is 0 Å². The quantitative estimate of drug-likeness (QED) is 0.896. The van der Waals surface area contributed by atoms with E-state index in [2.05, 4.69) is 67.3 Å². The number of carbonyl (C=O) groups is 1. The van der Waals surface area contributed by atoms with Crippen LogP contribution in [-0.2, 0) is 11.2 Å². The molecule has 2 unspecified atom stereocenters. The Balaban J connectivity index is 2.04. The molecule has 0 radical (unpaired) electrons. The summed E-state index contributed by atoms with van der Waals surface area (Å²) >= 11 is 0. The number of hydrogen-bond acceptors (Lipinski definition) is 2. The van der Waals surface area contributed by atoms with Crippen molar-refractivity contribution < 1.29 is 9.90 Å². The van der Waals surface area contributed by atoms with E-state index in [0.29, 0.717) is 0 Å². The monoisotopic (exact) mass is 323 g/mol. The van der Waals surface area contributed by atoms with Crippen molar-refractivity contribution in [2.24, 2.45) is 0 Å². The molecule has 1 saturated heterocycles. The molecule has 126 valence electrons. The van der Waals surface area contributed by atoms with Crippen LogP contribution in [0.4, 0.5) is 0 Å². The molecule has 3 rings (SSSR count). The molecule has 0 aliphatic carbocycles. The first kappa shape index (κ1) is 16.7. The van der Waals surface area contributed by atoms with E-state index in [1.165, 1.54) is 22.3 Å². The summed E-state index contributed by atoms with van der Waals surface area (Å²) in [5.74, 6) is -0.713. The lowest BCUT2D eigenvalue weighted by atomic mass is 9.94. The predicted octanol–water partition coefficient (Wildman–Crippen LogP) is 4.20. The molecule has 0 aromatic heterocycles. The Morgan fingerprint density at radius 3 is 2.58 bits per heavy atom. The lowest BCUT2D eigenvalue weighted by molar-refractivity contribution is -0.142. The van der Waals surface area contributed by atoms with Gasteiger partial charge in [0.25, 0.3) is 0 Å². The van der Waals surface area contributed by atoms with Gasteiger partial charge in [0, 0.05) is 6.54 Å². The average molecular weight is 323 g/mol. The summed E-state index contributed by atoms with van der Waals surface area (Å²) in [5, 5.41) is 9.62. The van der Waals surface area contributed by atoms with Gasteiger partial charge in [-0.15, -0.1) is 0 Å². The van der Waals surface area contributed by atoms with Crippen LogP contribution in [0.3, 0.4) is 0 Å². The SMILES string of the molecule is CCc1ccc(C(c2cccc(C)c2)N2CCCC2C(=O)O)cc1. The van der Waals surface area contributed by atoms with E-state index >= 15 is 0 Å². The number of carboxylic acids is 1. The van der Waals surface area contributed by atoms with Gasteiger partial charge in [-0.25, -0.2) is 0 Å². The van der Waals surface area contributed by atoms with Crippen LogP contribution in [-0.4, -0.2) is 28.6 Å². The van der Waals surface area contributed by atoms with Crippen LogP contribution in [0.5, 0.6) is 0 Å². The molecule has 3 nitrogen and oxygen atoms in total. The van der Waals surface area contributed by atoms with E-state index in [1.54, 1.807) is 0 Å². The van der Waals surface area contributed by atoms with Gasteiger partial charge in [-0.2, -0.15) is 0 Å². The Kier molecular flexibility index (Phi) is 5.00. The van der Waals surface area contributed by atoms with Gasteiger partial charge in [0.1, 0.15) is 6.04 Å². The number of aliphatic carboxylic acids is 1. The van der Waals surface area contributed by atoms with E-state index < -0.39 is 12.0 Å². The first-order valence-corrected chi connectivity index (χ1v) is 8.74. The fourth-order valence-electron chi connectivity index (χ4n) is 3.71. The maximum absolute atomic E-state index is 11.7. The minimum Gasteiger partial charge on any atom is -0.480 e. The van der Waals surface area contributed by atoms with Crippen molar-refractivity contribution in [2.45, 2.75) is 45.2 Å². The maximum atomic E-state index is 11.7. The fourth-order valence-corrected chi connectivity index (χ4v) is 3.71. The standard InChI is InChI=1S/C21H25NO2/c1-3-16-9-11-17(12-10-16)20(18-7-4-6-15(2)14-18)22-13-5-8-19(22)21(23)24/h4,6-7,9-12,14,19-20H,3,5,8,13H2,1-2H3,(H,23,24). The molecule has 1 aliphatic rings. The molecule has 2 atom stereocenters. The number of carboxylic acid groups (broad SMARTS) is 1. The zero-order chi connectivity index (χ0) is 17.1. The average Bonchev–Trinajstić information content (AvgIpc) is 3.05. The zero-order valence-corrected chi connectivity index (χ0v) is 14.4. The van der Waals surface area contributed by atoms with Crippen LogP contribution in [0.2, 0.25) is 0 Å². The normalized spacial score (nSPS) is 19.3. The molecule has 1 fully saturated rings. The number of nitrogens with zero attached hydrogens (tertiary/aromatic N) is 1. The highest BCUT2D eigenvalue weighted by Gasteiger charge is 2.36. The fraction of sp³-hybridized carbons (Fsp3) is 0.381. The second-order valence-electron chi connectivity index (χ2n) is 6.65. The second-order valence-corrected chi connectivity index (χ2v) is 6.65. The van der Waals surface area contributed by atoms with Gasteiger partial charge in [-0.1, -0.05) is 61.0 Å². The number of rotatable bonds is 5. The molecule has 2 aromatic carbocycles. The van der Waals surface area contributed by atoms with Crippen LogP contribution >= 0.6 is 0 Å². The summed E-state index contributed by atoms with van der Waals surface area (Å²) in [7, 11) is 0. The minimum atomic E-state index is -0.713. The number of hydrogen-bond donors (Lipinski definition) is 1. The van der Waals surface area contributed by atoms with Crippen LogP contribution in [0.25, 0.3) is 0 Å². The van der Waals surface area contributed by atoms with Gasteiger partial charge in [-0.3, -0.25) is 9.69 Å². The molecule has 24 heavy (non-hydrogen) atoms. The molecule has 2 aromatic rings. The Morgan fingerprint density at radius 1 is 1.21 bits per heavy atom. The summed E-state index contributed by atoms with van der Waals surface area (Å²) in [6, 6.07) is 16.7. The third kappa shape index (κ3) is 3.36. The number of aryl methyl sites for hydroxylation is 2. The predicted molar refractivity (Wildman–Crippen MR) is 96.2 cm³/mol. The third-order valence-corrected chi connectivity index (χ3v) is 4.97. The molecule has 0 saturated carbocycles. The van der Waals surface area contributed by atoms with Crippen LogP contribution in [0, 0.1) is 6.92 Å². The van der Waals surface area contributed by atoms with Crippen molar-refractivity contribution in [1.29, 1.82) is 0 Å². The lowest BCUT2D eigenvalue weighted by Gasteiger charge is -2.32. The van der Waals surface area contributed by atoms with Crippen molar-refractivity contribution in [3.63, 3.8) is 0 Å². The molecule has 0 bridgehead atoms. The molecular weight excluding hydrogens is 298 g/mol. The van der Waals surface area contributed by atoms with E-state index in [4.69, 9.17) is 0 Å². The molecule has 1 aliphatic heterocycles. The highest BCUT2D eigenvalue weighted by atomic mass is 16.4. The zero-order valence-electron chi connectivity index (χ0n) is 14.4. The summed E-state index contributed by atoms with van der Waals surface area (Å²) in [6.07, 6.45) is 2.67. The van der Waals surface area contributed by atoms with Crippen molar-refractivity contribution in [1.82, 2.24) is 4.90 Å². The highest BCUT2D eigenvalue weighted by Crippen LogP contribution is 2.35. The first-order valence-electron chi connectivity index (χ1n) is 8.74. The van der Waals surface area contributed by atoms with E-state index in [9.17, 15) is 9.90 Å².